The zero-order valence-electron chi connectivity index (χ0n) is 13.9. The van der Waals surface area contributed by atoms with Crippen LogP contribution in [0, 0.1) is 0 Å². The number of nitrogens with one attached hydrogen (secondary N) is 1. The van der Waals surface area contributed by atoms with Crippen LogP contribution in [-0.2, 0) is 4.74 Å². The van der Waals surface area contributed by atoms with Crippen LogP contribution in [0.5, 0.6) is 5.75 Å². The van der Waals surface area contributed by atoms with Gasteiger partial charge in [0, 0.05) is 17.8 Å². The van der Waals surface area contributed by atoms with E-state index in [1.807, 2.05) is 30.6 Å². The summed E-state index contributed by atoms with van der Waals surface area (Å²) in [7, 11) is 1.68. The number of rotatable bonds is 4. The molecule has 5 heteroatoms. The van der Waals surface area contributed by atoms with Crippen molar-refractivity contribution in [3.05, 3.63) is 60.0 Å². The van der Waals surface area contributed by atoms with Crippen molar-refractivity contribution >= 4 is 23.3 Å². The Balaban J connectivity index is 0.00000169. The predicted octanol–water partition coefficient (Wildman–Crippen LogP) is 4.30. The van der Waals surface area contributed by atoms with Gasteiger partial charge in [-0.2, -0.15) is 0 Å². The molecule has 3 atom stereocenters. The normalized spacial score (nSPS) is 23.5. The van der Waals surface area contributed by atoms with E-state index >= 15 is 0 Å². The van der Waals surface area contributed by atoms with Crippen molar-refractivity contribution in [2.45, 2.75) is 31.5 Å². The lowest BCUT2D eigenvalue weighted by atomic mass is 9.81. The first-order valence-electron chi connectivity index (χ1n) is 7.87. The van der Waals surface area contributed by atoms with E-state index in [2.05, 4.69) is 37.0 Å². The van der Waals surface area contributed by atoms with Gasteiger partial charge in [0.2, 0.25) is 0 Å². The van der Waals surface area contributed by atoms with Gasteiger partial charge in [0.05, 0.1) is 30.3 Å². The molecule has 2 aromatic heterocycles. The number of methoxy groups -OCH3 is 1. The molecule has 0 radical (unpaired) electrons. The van der Waals surface area contributed by atoms with Gasteiger partial charge in [0.15, 0.2) is 0 Å². The van der Waals surface area contributed by atoms with Crippen LogP contribution in [0.2, 0.25) is 0 Å². The number of H-pyrrole nitrogens is 1. The Labute approximate surface area is 147 Å². The molecule has 4 nitrogen and oxygen atoms in total. The van der Waals surface area contributed by atoms with Crippen LogP contribution in [0.4, 0.5) is 0 Å². The highest BCUT2D eigenvalue weighted by molar-refractivity contribution is 5.85. The van der Waals surface area contributed by atoms with Gasteiger partial charge < -0.3 is 14.5 Å². The van der Waals surface area contributed by atoms with Crippen LogP contribution in [0.15, 0.2) is 48.8 Å². The Kier molecular flexibility index (Phi) is 4.28. The minimum absolute atomic E-state index is 0. The highest BCUT2D eigenvalue weighted by Crippen LogP contribution is 2.51. The van der Waals surface area contributed by atoms with Crippen molar-refractivity contribution in [1.82, 2.24) is 9.97 Å². The Morgan fingerprint density at radius 2 is 1.92 bits per heavy atom. The smallest absolute Gasteiger partial charge is 0.118 e. The standard InChI is InChI=1S/C19H20N2O2.ClH/c1-12-19(2,23-12)16(13-4-6-15(22-3)7-5-13)18-17-14(8-10-20-17)9-11-21-18;/h4-12,16,20H,1-3H3;1H. The first kappa shape index (κ1) is 16.8. The number of halogens is 1. The van der Waals surface area contributed by atoms with Crippen molar-refractivity contribution in [2.75, 3.05) is 7.11 Å². The van der Waals surface area contributed by atoms with Crippen molar-refractivity contribution in [2.24, 2.45) is 0 Å². The molecule has 3 unspecified atom stereocenters. The van der Waals surface area contributed by atoms with Crippen molar-refractivity contribution in [3.8, 4) is 5.75 Å². The predicted molar refractivity (Wildman–Crippen MR) is 97.1 cm³/mol. The maximum atomic E-state index is 5.97. The first-order chi connectivity index (χ1) is 11.1. The average molecular weight is 345 g/mol. The Morgan fingerprint density at radius 3 is 2.54 bits per heavy atom. The zero-order chi connectivity index (χ0) is 16.0. The number of pyridine rings is 1. The number of benzene rings is 1. The van der Waals surface area contributed by atoms with E-state index in [0.29, 0.717) is 0 Å². The van der Waals surface area contributed by atoms with Crippen LogP contribution in [0.25, 0.3) is 10.9 Å². The largest absolute Gasteiger partial charge is 0.497 e. The minimum Gasteiger partial charge on any atom is -0.497 e. The van der Waals surface area contributed by atoms with Crippen molar-refractivity contribution < 1.29 is 9.47 Å². The SMILES string of the molecule is COc1ccc(C(c2nccc3cc[nH]c23)C2(C)OC2C)cc1.Cl. The second kappa shape index (κ2) is 6.11. The summed E-state index contributed by atoms with van der Waals surface area (Å²) in [6.45, 7) is 4.28. The molecule has 3 aromatic rings. The molecule has 1 N–H and O–H groups in total. The third kappa shape index (κ3) is 2.56. The summed E-state index contributed by atoms with van der Waals surface area (Å²) in [5, 5.41) is 1.17. The molecule has 126 valence electrons. The molecule has 1 fully saturated rings. The number of aromatic amines is 1. The topological polar surface area (TPSA) is 50.4 Å². The quantitative estimate of drug-likeness (QED) is 0.718. The fourth-order valence-electron chi connectivity index (χ4n) is 3.43. The molecule has 24 heavy (non-hydrogen) atoms. The van der Waals surface area contributed by atoms with Gasteiger partial charge in [0.1, 0.15) is 11.4 Å². The average Bonchev–Trinajstić information content (AvgIpc) is 2.99. The second-order valence-corrected chi connectivity index (χ2v) is 6.29. The molecule has 1 aliphatic heterocycles. The highest BCUT2D eigenvalue weighted by atomic mass is 35.5. The van der Waals surface area contributed by atoms with E-state index in [9.17, 15) is 0 Å². The van der Waals surface area contributed by atoms with Gasteiger partial charge in [-0.05, 0) is 43.7 Å². The molecule has 1 aromatic carbocycles. The molecule has 0 spiro atoms. The summed E-state index contributed by atoms with van der Waals surface area (Å²) in [4.78, 5) is 8.03. The molecule has 1 saturated heterocycles. The summed E-state index contributed by atoms with van der Waals surface area (Å²) in [6, 6.07) is 12.3. The van der Waals surface area contributed by atoms with Gasteiger partial charge in [-0.15, -0.1) is 12.4 Å². The molecule has 3 heterocycles. The van der Waals surface area contributed by atoms with E-state index in [-0.39, 0.29) is 30.0 Å². The van der Waals surface area contributed by atoms with Gasteiger partial charge in [0.25, 0.3) is 0 Å². The summed E-state index contributed by atoms with van der Waals surface area (Å²) in [6.07, 6.45) is 4.04. The van der Waals surface area contributed by atoms with Gasteiger partial charge in [-0.1, -0.05) is 12.1 Å². The van der Waals surface area contributed by atoms with Gasteiger partial charge in [-0.25, -0.2) is 0 Å². The lowest BCUT2D eigenvalue weighted by Crippen LogP contribution is -2.23. The highest BCUT2D eigenvalue weighted by Gasteiger charge is 2.56. The van der Waals surface area contributed by atoms with E-state index in [1.54, 1.807) is 7.11 Å². The molecule has 0 amide bonds. The van der Waals surface area contributed by atoms with Gasteiger partial charge >= 0.3 is 0 Å². The van der Waals surface area contributed by atoms with E-state index in [4.69, 9.17) is 14.5 Å². The van der Waals surface area contributed by atoms with Crippen LogP contribution < -0.4 is 4.74 Å². The van der Waals surface area contributed by atoms with Crippen LogP contribution >= 0.6 is 12.4 Å². The summed E-state index contributed by atoms with van der Waals surface area (Å²) < 4.78 is 11.3. The molecule has 0 saturated carbocycles. The second-order valence-electron chi connectivity index (χ2n) is 6.29. The number of nitrogens with zero attached hydrogens (tertiary/aromatic N) is 1. The lowest BCUT2D eigenvalue weighted by molar-refractivity contribution is 0.289. The maximum absolute atomic E-state index is 5.97. The van der Waals surface area contributed by atoms with E-state index in [1.165, 1.54) is 10.9 Å². The summed E-state index contributed by atoms with van der Waals surface area (Å²) >= 11 is 0. The molecule has 4 rings (SSSR count). The zero-order valence-corrected chi connectivity index (χ0v) is 14.8. The van der Waals surface area contributed by atoms with Crippen LogP contribution in [0.1, 0.15) is 31.0 Å². The fourth-order valence-corrected chi connectivity index (χ4v) is 3.43. The van der Waals surface area contributed by atoms with Crippen molar-refractivity contribution in [1.29, 1.82) is 0 Å². The van der Waals surface area contributed by atoms with Gasteiger partial charge in [-0.3, -0.25) is 4.98 Å². The third-order valence-electron chi connectivity index (χ3n) is 4.98. The number of aromatic nitrogens is 2. The maximum Gasteiger partial charge on any atom is 0.118 e. The number of fused-ring (bicyclic) bond motifs is 1. The molecule has 0 bridgehead atoms. The fraction of sp³-hybridized carbons (Fsp3) is 0.316. The first-order valence-corrected chi connectivity index (χ1v) is 7.87. The van der Waals surface area contributed by atoms with E-state index in [0.717, 1.165) is 17.0 Å². The number of epoxide rings is 1. The molecule has 0 aliphatic carbocycles. The summed E-state index contributed by atoms with van der Waals surface area (Å²) in [5.41, 5.74) is 3.06. The number of ether oxygens (including phenoxy) is 2. The Morgan fingerprint density at radius 1 is 1.21 bits per heavy atom. The molecule has 1 aliphatic rings. The van der Waals surface area contributed by atoms with E-state index < -0.39 is 0 Å². The molecular weight excluding hydrogens is 324 g/mol. The monoisotopic (exact) mass is 344 g/mol. The van der Waals surface area contributed by atoms with Crippen molar-refractivity contribution in [3.63, 3.8) is 0 Å². The lowest BCUT2D eigenvalue weighted by Gasteiger charge is -2.22. The van der Waals surface area contributed by atoms with Crippen LogP contribution in [0.3, 0.4) is 0 Å². The molecular formula is C19H21ClN2O2. The third-order valence-corrected chi connectivity index (χ3v) is 4.98. The Bertz CT molecular complexity index is 846. The summed E-state index contributed by atoms with van der Waals surface area (Å²) in [5.74, 6) is 0.930. The minimum atomic E-state index is -0.235. The van der Waals surface area contributed by atoms with Crippen LogP contribution in [-0.4, -0.2) is 28.8 Å². The number of hydrogen-bond acceptors (Lipinski definition) is 3. The number of hydrogen-bond donors (Lipinski definition) is 1. The Hall–Kier alpha value is -2.04.